The molecule has 3 aromatic rings. The van der Waals surface area contributed by atoms with Crippen molar-refractivity contribution in [2.24, 2.45) is 0 Å². The number of sulfonamides is 1. The first kappa shape index (κ1) is 19.0. The van der Waals surface area contributed by atoms with E-state index in [0.717, 1.165) is 20.9 Å². The average molecular weight is 383 g/mol. The molecule has 0 aliphatic heterocycles. The van der Waals surface area contributed by atoms with Crippen molar-refractivity contribution in [3.63, 3.8) is 0 Å². The van der Waals surface area contributed by atoms with Crippen LogP contribution < -0.4 is 5.32 Å². The van der Waals surface area contributed by atoms with Crippen LogP contribution in [0.5, 0.6) is 0 Å². The van der Waals surface area contributed by atoms with E-state index in [2.05, 4.69) is 10.3 Å². The number of hydrogen-bond donors (Lipinski definition) is 1. The number of carbonyl (C=O) groups is 1. The Morgan fingerprint density at radius 3 is 2.48 bits per heavy atom. The first-order valence-electron chi connectivity index (χ1n) is 8.45. The summed E-state index contributed by atoms with van der Waals surface area (Å²) in [4.78, 5) is 17.4. The monoisotopic (exact) mass is 383 g/mol. The molecule has 7 heteroatoms. The second-order valence-electron chi connectivity index (χ2n) is 6.41. The van der Waals surface area contributed by atoms with Crippen LogP contribution in [0.25, 0.3) is 10.9 Å². The normalized spacial score (nSPS) is 11.7. The van der Waals surface area contributed by atoms with Crippen LogP contribution in [-0.4, -0.2) is 37.7 Å². The number of aryl methyl sites for hydroxylation is 1. The van der Waals surface area contributed by atoms with Crippen molar-refractivity contribution in [2.45, 2.75) is 18.4 Å². The van der Waals surface area contributed by atoms with Gasteiger partial charge < -0.3 is 5.32 Å². The molecule has 1 N–H and O–H groups in total. The molecule has 0 spiro atoms. The summed E-state index contributed by atoms with van der Waals surface area (Å²) in [5, 5.41) is 3.60. The molecule has 0 aliphatic rings. The Morgan fingerprint density at radius 1 is 1.07 bits per heavy atom. The molecule has 2 aromatic carbocycles. The third-order valence-electron chi connectivity index (χ3n) is 4.26. The molecule has 0 aliphatic carbocycles. The molecule has 3 rings (SSSR count). The van der Waals surface area contributed by atoms with Gasteiger partial charge in [-0.05, 0) is 30.7 Å². The number of rotatable bonds is 5. The molecule has 0 atom stereocenters. The molecule has 6 nitrogen and oxygen atoms in total. The molecule has 140 valence electrons. The second-order valence-corrected chi connectivity index (χ2v) is 8.53. The predicted octanol–water partition coefficient (Wildman–Crippen LogP) is 2.72. The Hall–Kier alpha value is -2.77. The lowest BCUT2D eigenvalue weighted by Gasteiger charge is -2.16. The molecule has 0 saturated carbocycles. The smallest absolute Gasteiger partial charge is 0.252 e. The van der Waals surface area contributed by atoms with Crippen molar-refractivity contribution in [1.29, 1.82) is 0 Å². The Balaban J connectivity index is 1.90. The molecule has 0 unspecified atom stereocenters. The highest BCUT2D eigenvalue weighted by Gasteiger charge is 2.21. The minimum Gasteiger partial charge on any atom is -0.348 e. The summed E-state index contributed by atoms with van der Waals surface area (Å²) in [7, 11) is -0.624. The van der Waals surface area contributed by atoms with E-state index in [4.69, 9.17) is 0 Å². The summed E-state index contributed by atoms with van der Waals surface area (Å²) in [6, 6.07) is 15.8. The van der Waals surface area contributed by atoms with Gasteiger partial charge in [-0.15, -0.1) is 0 Å². The fourth-order valence-corrected chi connectivity index (χ4v) is 3.98. The van der Waals surface area contributed by atoms with E-state index in [1.807, 2.05) is 31.2 Å². The van der Waals surface area contributed by atoms with Gasteiger partial charge in [-0.3, -0.25) is 9.78 Å². The Morgan fingerprint density at radius 2 is 1.74 bits per heavy atom. The van der Waals surface area contributed by atoms with Gasteiger partial charge in [-0.1, -0.05) is 36.4 Å². The van der Waals surface area contributed by atoms with Gasteiger partial charge in [0.15, 0.2) is 0 Å². The zero-order chi connectivity index (χ0) is 19.6. The van der Waals surface area contributed by atoms with Crippen LogP contribution in [0.3, 0.4) is 0 Å². The summed E-state index contributed by atoms with van der Waals surface area (Å²) >= 11 is 0. The fourth-order valence-electron chi connectivity index (χ4n) is 2.86. The SMILES string of the molecule is Cc1cc(C(=O)NCc2ccccc2S(=O)(=O)N(C)C)c2ccccc2n1. The van der Waals surface area contributed by atoms with Crippen LogP contribution in [0, 0.1) is 6.92 Å². The van der Waals surface area contributed by atoms with Gasteiger partial charge in [0.1, 0.15) is 0 Å². The molecule has 0 fully saturated rings. The maximum Gasteiger partial charge on any atom is 0.252 e. The van der Waals surface area contributed by atoms with Gasteiger partial charge in [-0.25, -0.2) is 12.7 Å². The third kappa shape index (κ3) is 3.84. The lowest BCUT2D eigenvalue weighted by molar-refractivity contribution is 0.0952. The largest absolute Gasteiger partial charge is 0.348 e. The average Bonchev–Trinajstić information content (AvgIpc) is 2.65. The maximum atomic E-state index is 12.8. The minimum atomic E-state index is -3.59. The van der Waals surface area contributed by atoms with Crippen LogP contribution >= 0.6 is 0 Å². The molecule has 1 heterocycles. The van der Waals surface area contributed by atoms with Crippen molar-refractivity contribution in [1.82, 2.24) is 14.6 Å². The highest BCUT2D eigenvalue weighted by Crippen LogP contribution is 2.20. The second kappa shape index (κ2) is 7.46. The molecule has 0 radical (unpaired) electrons. The Bertz CT molecular complexity index is 1110. The number of nitrogens with one attached hydrogen (secondary N) is 1. The van der Waals surface area contributed by atoms with Crippen molar-refractivity contribution in [2.75, 3.05) is 14.1 Å². The topological polar surface area (TPSA) is 79.4 Å². The summed E-state index contributed by atoms with van der Waals surface area (Å²) in [5.41, 5.74) is 2.55. The first-order chi connectivity index (χ1) is 12.8. The van der Waals surface area contributed by atoms with Crippen molar-refractivity contribution < 1.29 is 13.2 Å². The Labute approximate surface area is 158 Å². The molecular weight excluding hydrogens is 362 g/mol. The molecule has 0 bridgehead atoms. The summed E-state index contributed by atoms with van der Waals surface area (Å²) in [5.74, 6) is -0.270. The number of carbonyl (C=O) groups excluding carboxylic acids is 1. The van der Waals surface area contributed by atoms with Gasteiger partial charge >= 0.3 is 0 Å². The third-order valence-corrected chi connectivity index (χ3v) is 6.18. The standard InChI is InChI=1S/C20H21N3O3S/c1-14-12-17(16-9-5-6-10-18(16)22-14)20(24)21-13-15-8-4-7-11-19(15)27(25,26)23(2)3/h4-12H,13H2,1-3H3,(H,21,24). The van der Waals surface area contributed by atoms with Crippen LogP contribution in [0.15, 0.2) is 59.5 Å². The quantitative estimate of drug-likeness (QED) is 0.735. The zero-order valence-corrected chi connectivity index (χ0v) is 16.2. The van der Waals surface area contributed by atoms with E-state index in [9.17, 15) is 13.2 Å². The van der Waals surface area contributed by atoms with Gasteiger partial charge in [-0.2, -0.15) is 0 Å². The number of benzene rings is 2. The summed E-state index contributed by atoms with van der Waals surface area (Å²) < 4.78 is 26.1. The van der Waals surface area contributed by atoms with Crippen molar-refractivity contribution in [3.8, 4) is 0 Å². The lowest BCUT2D eigenvalue weighted by Crippen LogP contribution is -2.27. The van der Waals surface area contributed by atoms with Crippen LogP contribution in [0.4, 0.5) is 0 Å². The number of pyridine rings is 1. The van der Waals surface area contributed by atoms with Crippen molar-refractivity contribution >= 4 is 26.8 Å². The van der Waals surface area contributed by atoms with E-state index >= 15 is 0 Å². The molecule has 1 aromatic heterocycles. The first-order valence-corrected chi connectivity index (χ1v) is 9.90. The number of fused-ring (bicyclic) bond motifs is 1. The highest BCUT2D eigenvalue weighted by molar-refractivity contribution is 7.89. The van der Waals surface area contributed by atoms with E-state index in [-0.39, 0.29) is 17.3 Å². The number of nitrogens with zero attached hydrogens (tertiary/aromatic N) is 2. The molecular formula is C20H21N3O3S. The van der Waals surface area contributed by atoms with E-state index in [0.29, 0.717) is 11.1 Å². The van der Waals surface area contributed by atoms with E-state index < -0.39 is 10.0 Å². The minimum absolute atomic E-state index is 0.109. The lowest BCUT2D eigenvalue weighted by atomic mass is 10.1. The van der Waals surface area contributed by atoms with Gasteiger partial charge in [0.2, 0.25) is 10.0 Å². The number of amides is 1. The molecule has 27 heavy (non-hydrogen) atoms. The van der Waals surface area contributed by atoms with Gasteiger partial charge in [0.25, 0.3) is 5.91 Å². The van der Waals surface area contributed by atoms with Crippen molar-refractivity contribution in [3.05, 3.63) is 71.4 Å². The Kier molecular flexibility index (Phi) is 5.25. The van der Waals surface area contributed by atoms with E-state index in [1.165, 1.54) is 14.1 Å². The summed E-state index contributed by atoms with van der Waals surface area (Å²) in [6.45, 7) is 1.94. The molecule has 0 saturated heterocycles. The van der Waals surface area contributed by atoms with Crippen LogP contribution in [-0.2, 0) is 16.6 Å². The van der Waals surface area contributed by atoms with Gasteiger partial charge in [0, 0.05) is 31.7 Å². The maximum absolute atomic E-state index is 12.8. The number of hydrogen-bond acceptors (Lipinski definition) is 4. The molecule has 1 amide bonds. The zero-order valence-electron chi connectivity index (χ0n) is 15.4. The summed E-state index contributed by atoms with van der Waals surface area (Å²) in [6.07, 6.45) is 0. The van der Waals surface area contributed by atoms with Gasteiger partial charge in [0.05, 0.1) is 16.0 Å². The fraction of sp³-hybridized carbons (Fsp3) is 0.200. The van der Waals surface area contributed by atoms with Crippen LogP contribution in [0.2, 0.25) is 0 Å². The highest BCUT2D eigenvalue weighted by atomic mass is 32.2. The van der Waals surface area contributed by atoms with E-state index in [1.54, 1.807) is 30.3 Å². The number of aromatic nitrogens is 1. The number of para-hydroxylation sites is 1. The van der Waals surface area contributed by atoms with Crippen LogP contribution in [0.1, 0.15) is 21.6 Å². The predicted molar refractivity (Wildman–Crippen MR) is 105 cm³/mol.